The van der Waals surface area contributed by atoms with Gasteiger partial charge < -0.3 is 5.32 Å². The third-order valence-corrected chi connectivity index (χ3v) is 9.86. The Bertz CT molecular complexity index is 1350. The molecule has 3 aromatic carbocycles. The molecule has 3 amide bonds. The van der Waals surface area contributed by atoms with Gasteiger partial charge in [-0.3, -0.25) is 19.3 Å². The summed E-state index contributed by atoms with van der Waals surface area (Å²) in [6, 6.07) is 20.5. The highest BCUT2D eigenvalue weighted by atomic mass is 79.9. The number of anilines is 1. The molecule has 1 N–H and O–H groups in total. The van der Waals surface area contributed by atoms with Crippen LogP contribution < -0.4 is 5.32 Å². The summed E-state index contributed by atoms with van der Waals surface area (Å²) in [5, 5.41) is 2.84. The predicted octanol–water partition coefficient (Wildman–Crippen LogP) is 5.68. The van der Waals surface area contributed by atoms with Gasteiger partial charge in [0.25, 0.3) is 0 Å². The van der Waals surface area contributed by atoms with Gasteiger partial charge in [-0.1, -0.05) is 64.5 Å². The van der Waals surface area contributed by atoms with Crippen molar-refractivity contribution in [2.24, 2.45) is 11.8 Å². The smallest absolute Gasteiger partial charge is 0.235 e. The fourth-order valence-electron chi connectivity index (χ4n) is 6.10. The standard InChI is InChI=1S/C28H21BrCl2N2O3/c1-15-14-16(10-11-21(15)29)32-22(34)12-13-33-25(35)23-24(26(33)36)28(31)18-7-3-2-6-17(18)27(23,30)19-8-4-5-9-20(19)28/h2-11,14,23-24H,12-13H2,1H3,(H,32,34)/t23-,24+,27?,28?. The van der Waals surface area contributed by atoms with Crippen LogP contribution in [0.2, 0.25) is 0 Å². The lowest BCUT2D eigenvalue weighted by Gasteiger charge is -2.54. The molecule has 182 valence electrons. The molecule has 5 nitrogen and oxygen atoms in total. The molecule has 0 spiro atoms. The highest BCUT2D eigenvalue weighted by molar-refractivity contribution is 9.10. The highest BCUT2D eigenvalue weighted by Gasteiger charge is 2.72. The van der Waals surface area contributed by atoms with E-state index in [1.165, 1.54) is 4.90 Å². The summed E-state index contributed by atoms with van der Waals surface area (Å²) >= 11 is 18.2. The van der Waals surface area contributed by atoms with E-state index in [4.69, 9.17) is 23.2 Å². The normalized spacial score (nSPS) is 27.5. The van der Waals surface area contributed by atoms with Crippen LogP contribution >= 0.6 is 39.1 Å². The number of halogens is 3. The fraction of sp³-hybridized carbons (Fsp3) is 0.250. The first-order valence-corrected chi connectivity index (χ1v) is 13.2. The molecule has 1 saturated heterocycles. The number of nitrogens with one attached hydrogen (secondary N) is 1. The molecule has 0 aromatic heterocycles. The Morgan fingerprint density at radius 3 is 1.81 bits per heavy atom. The maximum atomic E-state index is 13.8. The van der Waals surface area contributed by atoms with Crippen molar-refractivity contribution in [2.75, 3.05) is 11.9 Å². The average Bonchev–Trinajstić information content (AvgIpc) is 3.14. The van der Waals surface area contributed by atoms with Crippen LogP contribution in [0, 0.1) is 18.8 Å². The monoisotopic (exact) mass is 582 g/mol. The van der Waals surface area contributed by atoms with E-state index >= 15 is 0 Å². The summed E-state index contributed by atoms with van der Waals surface area (Å²) in [6.45, 7) is 1.88. The molecule has 2 bridgehead atoms. The topological polar surface area (TPSA) is 66.5 Å². The van der Waals surface area contributed by atoms with Gasteiger partial charge in [-0.15, -0.1) is 23.2 Å². The molecular weight excluding hydrogens is 563 g/mol. The van der Waals surface area contributed by atoms with E-state index in [1.54, 1.807) is 6.07 Å². The van der Waals surface area contributed by atoms with Gasteiger partial charge in [0.15, 0.2) is 0 Å². The van der Waals surface area contributed by atoms with E-state index in [9.17, 15) is 14.4 Å². The summed E-state index contributed by atoms with van der Waals surface area (Å²) in [5.41, 5.74) is 4.66. The second-order valence-electron chi connectivity index (χ2n) is 9.56. The summed E-state index contributed by atoms with van der Waals surface area (Å²) in [4.78, 5) is 39.0. The number of benzene rings is 3. The van der Waals surface area contributed by atoms with Crippen molar-refractivity contribution in [3.8, 4) is 0 Å². The second kappa shape index (κ2) is 8.17. The first kappa shape index (κ1) is 23.7. The minimum absolute atomic E-state index is 0.0313. The molecule has 3 aromatic rings. The molecule has 7 rings (SSSR count). The van der Waals surface area contributed by atoms with Gasteiger partial charge in [0.2, 0.25) is 17.7 Å². The van der Waals surface area contributed by atoms with E-state index in [-0.39, 0.29) is 30.7 Å². The summed E-state index contributed by atoms with van der Waals surface area (Å²) in [7, 11) is 0. The van der Waals surface area contributed by atoms with Gasteiger partial charge in [-0.25, -0.2) is 0 Å². The van der Waals surface area contributed by atoms with Crippen LogP contribution in [0.15, 0.2) is 71.2 Å². The van der Waals surface area contributed by atoms with E-state index < -0.39 is 21.6 Å². The number of amides is 3. The van der Waals surface area contributed by atoms with Gasteiger partial charge in [-0.2, -0.15) is 0 Å². The zero-order chi connectivity index (χ0) is 25.4. The molecule has 1 heterocycles. The summed E-state index contributed by atoms with van der Waals surface area (Å²) in [6.07, 6.45) is -0.0313. The van der Waals surface area contributed by atoms with E-state index in [0.29, 0.717) is 5.69 Å². The van der Waals surface area contributed by atoms with Crippen LogP contribution in [-0.4, -0.2) is 29.2 Å². The maximum Gasteiger partial charge on any atom is 0.235 e. The number of aryl methyl sites for hydroxylation is 1. The lowest BCUT2D eigenvalue weighted by atomic mass is 9.54. The molecular formula is C28H21BrCl2N2O3. The number of hydrogen-bond donors (Lipinski definition) is 1. The minimum atomic E-state index is -1.22. The molecule has 36 heavy (non-hydrogen) atoms. The van der Waals surface area contributed by atoms with Crippen molar-refractivity contribution >= 4 is 62.5 Å². The third-order valence-electron chi connectivity index (χ3n) is 7.68. The highest BCUT2D eigenvalue weighted by Crippen LogP contribution is 2.69. The van der Waals surface area contributed by atoms with Crippen LogP contribution in [0.25, 0.3) is 0 Å². The first-order valence-electron chi connectivity index (χ1n) is 11.7. The first-order chi connectivity index (χ1) is 17.2. The Hall–Kier alpha value is -2.67. The van der Waals surface area contributed by atoms with Gasteiger partial charge in [0.1, 0.15) is 9.75 Å². The number of alkyl halides is 2. The zero-order valence-corrected chi connectivity index (χ0v) is 22.3. The largest absolute Gasteiger partial charge is 0.326 e. The van der Waals surface area contributed by atoms with Crippen molar-refractivity contribution in [2.45, 2.75) is 23.1 Å². The molecule has 0 unspecified atom stereocenters. The zero-order valence-electron chi connectivity index (χ0n) is 19.2. The van der Waals surface area contributed by atoms with Crippen molar-refractivity contribution in [1.82, 2.24) is 4.90 Å². The summed E-state index contributed by atoms with van der Waals surface area (Å²) in [5.74, 6) is -2.78. The Balaban J connectivity index is 1.33. The molecule has 3 aliphatic carbocycles. The lowest BCUT2D eigenvalue weighted by molar-refractivity contribution is -0.140. The molecule has 0 radical (unpaired) electrons. The van der Waals surface area contributed by atoms with Crippen LogP contribution in [-0.2, 0) is 24.1 Å². The van der Waals surface area contributed by atoms with E-state index in [0.717, 1.165) is 32.3 Å². The van der Waals surface area contributed by atoms with Gasteiger partial charge in [-0.05, 0) is 52.9 Å². The molecule has 2 atom stereocenters. The SMILES string of the molecule is Cc1cc(NC(=O)CCN2C(=O)[C@@H]3[C@H](C2=O)C2(Cl)c4ccccc4C3(Cl)c3ccccc32)ccc1Br. The number of hydrogen-bond acceptors (Lipinski definition) is 3. The average molecular weight is 584 g/mol. The lowest BCUT2D eigenvalue weighted by Crippen LogP contribution is -2.57. The van der Waals surface area contributed by atoms with E-state index in [2.05, 4.69) is 21.2 Å². The third kappa shape index (κ3) is 3.04. The summed E-state index contributed by atoms with van der Waals surface area (Å²) < 4.78 is 0.943. The van der Waals surface area contributed by atoms with Gasteiger partial charge >= 0.3 is 0 Å². The van der Waals surface area contributed by atoms with Crippen LogP contribution in [0.3, 0.4) is 0 Å². The number of carbonyl (C=O) groups excluding carboxylic acids is 3. The fourth-order valence-corrected chi connectivity index (χ4v) is 7.45. The number of rotatable bonds is 4. The second-order valence-corrected chi connectivity index (χ2v) is 11.6. The van der Waals surface area contributed by atoms with Crippen molar-refractivity contribution in [3.63, 3.8) is 0 Å². The number of nitrogens with zero attached hydrogens (tertiary/aromatic N) is 1. The van der Waals surface area contributed by atoms with Crippen molar-refractivity contribution < 1.29 is 14.4 Å². The Labute approximate surface area is 226 Å². The molecule has 8 heteroatoms. The molecule has 4 aliphatic rings. The minimum Gasteiger partial charge on any atom is -0.326 e. The maximum absolute atomic E-state index is 13.8. The predicted molar refractivity (Wildman–Crippen MR) is 142 cm³/mol. The number of imide groups is 1. The Kier molecular flexibility index (Phi) is 5.38. The van der Waals surface area contributed by atoms with Crippen LogP contribution in [0.5, 0.6) is 0 Å². The van der Waals surface area contributed by atoms with Crippen molar-refractivity contribution in [1.29, 1.82) is 0 Å². The number of likely N-dealkylation sites (tertiary alicyclic amines) is 1. The Morgan fingerprint density at radius 1 is 0.889 bits per heavy atom. The number of carbonyl (C=O) groups is 3. The molecule has 1 aliphatic heterocycles. The van der Waals surface area contributed by atoms with Crippen LogP contribution in [0.1, 0.15) is 34.2 Å². The van der Waals surface area contributed by atoms with Gasteiger partial charge in [0.05, 0.1) is 11.8 Å². The Morgan fingerprint density at radius 2 is 1.36 bits per heavy atom. The van der Waals surface area contributed by atoms with E-state index in [1.807, 2.05) is 67.6 Å². The van der Waals surface area contributed by atoms with Crippen LogP contribution in [0.4, 0.5) is 5.69 Å². The van der Waals surface area contributed by atoms with Crippen molar-refractivity contribution in [3.05, 3.63) is 99.0 Å². The quantitative estimate of drug-likeness (QED) is 0.317. The molecule has 1 fully saturated rings. The molecule has 0 saturated carbocycles. The van der Waals surface area contributed by atoms with Gasteiger partial charge in [0, 0.05) is 23.1 Å².